The first kappa shape index (κ1) is 13.9. The second-order valence-corrected chi connectivity index (χ2v) is 5.80. The molecule has 2 aromatic heterocycles. The molecule has 0 aliphatic carbocycles. The van der Waals surface area contributed by atoms with E-state index in [9.17, 15) is 18.0 Å². The summed E-state index contributed by atoms with van der Waals surface area (Å²) in [5.41, 5.74) is 0. The summed E-state index contributed by atoms with van der Waals surface area (Å²) in [6.45, 7) is 1.84. The molecule has 1 amide bonds. The highest BCUT2D eigenvalue weighted by molar-refractivity contribution is 7.11. The molecule has 1 N–H and O–H groups in total. The Morgan fingerprint density at radius 3 is 2.74 bits per heavy atom. The van der Waals surface area contributed by atoms with Crippen LogP contribution in [0.1, 0.15) is 14.8 Å². The van der Waals surface area contributed by atoms with E-state index in [1.807, 2.05) is 6.92 Å². The van der Waals surface area contributed by atoms with Gasteiger partial charge in [-0.2, -0.15) is 17.5 Å². The van der Waals surface area contributed by atoms with Crippen molar-refractivity contribution in [2.45, 2.75) is 19.5 Å². The molecule has 102 valence electrons. The van der Waals surface area contributed by atoms with Crippen molar-refractivity contribution < 1.29 is 18.0 Å². The molecule has 0 aliphatic rings. The van der Waals surface area contributed by atoms with Gasteiger partial charge in [0.25, 0.3) is 0 Å². The summed E-state index contributed by atoms with van der Waals surface area (Å²) in [5, 5.41) is 1.57. The van der Waals surface area contributed by atoms with Gasteiger partial charge in [0.1, 0.15) is 5.82 Å². The quantitative estimate of drug-likeness (QED) is 0.948. The van der Waals surface area contributed by atoms with Crippen molar-refractivity contribution in [1.82, 2.24) is 9.36 Å². The minimum Gasteiger partial charge on any atom is -0.310 e. The number of alkyl halides is 3. The maximum atomic E-state index is 12.3. The molecule has 0 unspecified atom stereocenters. The third-order valence-electron chi connectivity index (χ3n) is 2.03. The summed E-state index contributed by atoms with van der Waals surface area (Å²) in [7, 11) is 0. The lowest BCUT2D eigenvalue weighted by Crippen LogP contribution is -2.13. The third kappa shape index (κ3) is 3.74. The van der Waals surface area contributed by atoms with Crippen molar-refractivity contribution in [3.8, 4) is 0 Å². The van der Waals surface area contributed by atoms with E-state index in [2.05, 4.69) is 14.7 Å². The number of nitrogens with zero attached hydrogens (tertiary/aromatic N) is 2. The highest BCUT2D eigenvalue weighted by Crippen LogP contribution is 2.32. The van der Waals surface area contributed by atoms with Gasteiger partial charge in [-0.25, -0.2) is 4.98 Å². The summed E-state index contributed by atoms with van der Waals surface area (Å²) in [5.74, 6) is -0.00395. The topological polar surface area (TPSA) is 54.9 Å². The van der Waals surface area contributed by atoms with Crippen molar-refractivity contribution >= 4 is 34.6 Å². The Kier molecular flexibility index (Phi) is 3.85. The van der Waals surface area contributed by atoms with E-state index in [1.165, 1.54) is 11.5 Å². The Labute approximate surface area is 114 Å². The molecule has 19 heavy (non-hydrogen) atoms. The minimum atomic E-state index is -4.47. The van der Waals surface area contributed by atoms with Crippen molar-refractivity contribution in [3.05, 3.63) is 27.0 Å². The van der Waals surface area contributed by atoms with Gasteiger partial charge >= 0.3 is 6.18 Å². The van der Waals surface area contributed by atoms with E-state index in [0.717, 1.165) is 11.1 Å². The fraction of sp³-hybridized carbons (Fsp3) is 0.300. The van der Waals surface area contributed by atoms with Crippen LogP contribution in [-0.2, 0) is 17.4 Å². The zero-order valence-electron chi connectivity index (χ0n) is 9.61. The summed E-state index contributed by atoms with van der Waals surface area (Å²) in [6.07, 6.45) is -3.55. The molecule has 0 spiro atoms. The summed E-state index contributed by atoms with van der Waals surface area (Å²) in [4.78, 5) is 16.1. The zero-order chi connectivity index (χ0) is 14.0. The monoisotopic (exact) mass is 307 g/mol. The van der Waals surface area contributed by atoms with E-state index < -0.39 is 17.1 Å². The highest BCUT2D eigenvalue weighted by atomic mass is 32.1. The normalized spacial score (nSPS) is 11.6. The lowest BCUT2D eigenvalue weighted by molar-refractivity contribution is -0.137. The van der Waals surface area contributed by atoms with Gasteiger partial charge in [0, 0.05) is 16.0 Å². The first-order valence-corrected chi connectivity index (χ1v) is 6.68. The summed E-state index contributed by atoms with van der Waals surface area (Å²) in [6, 6.07) is 1.69. The maximum Gasteiger partial charge on any atom is 0.443 e. The Hall–Kier alpha value is -1.48. The molecule has 4 nitrogen and oxygen atoms in total. The molecular weight excluding hydrogens is 299 g/mol. The van der Waals surface area contributed by atoms with E-state index in [0.29, 0.717) is 17.2 Å². The van der Waals surface area contributed by atoms with Crippen molar-refractivity contribution in [2.75, 3.05) is 5.32 Å². The second-order valence-electron chi connectivity index (χ2n) is 3.68. The first-order valence-electron chi connectivity index (χ1n) is 5.09. The van der Waals surface area contributed by atoms with Crippen LogP contribution in [0.2, 0.25) is 0 Å². The molecule has 2 aromatic rings. The fourth-order valence-corrected chi connectivity index (χ4v) is 2.57. The number of aryl methyl sites for hydroxylation is 1. The first-order chi connectivity index (χ1) is 8.84. The molecule has 2 heterocycles. The molecule has 0 radical (unpaired) electrons. The number of thiazole rings is 1. The van der Waals surface area contributed by atoms with Gasteiger partial charge in [0.15, 0.2) is 5.01 Å². The van der Waals surface area contributed by atoms with Gasteiger partial charge in [-0.3, -0.25) is 4.79 Å². The maximum absolute atomic E-state index is 12.3. The van der Waals surface area contributed by atoms with Gasteiger partial charge in [-0.05, 0) is 24.5 Å². The predicted molar refractivity (Wildman–Crippen MR) is 66.3 cm³/mol. The van der Waals surface area contributed by atoms with Gasteiger partial charge in [0.2, 0.25) is 5.91 Å². The van der Waals surface area contributed by atoms with Crippen molar-refractivity contribution in [1.29, 1.82) is 0 Å². The Morgan fingerprint density at radius 2 is 2.21 bits per heavy atom. The van der Waals surface area contributed by atoms with Crippen molar-refractivity contribution in [2.24, 2.45) is 0 Å². The number of carbonyl (C=O) groups is 1. The molecule has 0 saturated carbocycles. The fourth-order valence-electron chi connectivity index (χ4n) is 1.29. The lowest BCUT2D eigenvalue weighted by atomic mass is 10.3. The van der Waals surface area contributed by atoms with Gasteiger partial charge in [-0.15, -0.1) is 11.3 Å². The predicted octanol–water partition coefficient (Wildman–Crippen LogP) is 3.11. The van der Waals surface area contributed by atoms with Crippen LogP contribution in [0.4, 0.5) is 19.0 Å². The van der Waals surface area contributed by atoms with Crippen LogP contribution in [-0.4, -0.2) is 15.3 Å². The number of carbonyl (C=O) groups excluding carboxylic acids is 1. The Balaban J connectivity index is 1.97. The van der Waals surface area contributed by atoms with Gasteiger partial charge < -0.3 is 5.32 Å². The van der Waals surface area contributed by atoms with E-state index in [1.54, 1.807) is 6.07 Å². The van der Waals surface area contributed by atoms with Gasteiger partial charge in [-0.1, -0.05) is 0 Å². The summed E-state index contributed by atoms with van der Waals surface area (Å²) < 4.78 is 40.9. The number of hydrogen-bond donors (Lipinski definition) is 1. The van der Waals surface area contributed by atoms with Crippen molar-refractivity contribution in [3.63, 3.8) is 0 Å². The number of amides is 1. The number of nitrogens with one attached hydrogen (secondary N) is 1. The number of rotatable bonds is 3. The number of aromatic nitrogens is 2. The molecule has 0 aromatic carbocycles. The zero-order valence-corrected chi connectivity index (χ0v) is 11.2. The smallest absolute Gasteiger partial charge is 0.310 e. The molecule has 0 aliphatic heterocycles. The van der Waals surface area contributed by atoms with Crippen LogP contribution in [0.15, 0.2) is 12.3 Å². The Morgan fingerprint density at radius 1 is 1.47 bits per heavy atom. The Bertz CT molecular complexity index is 591. The molecule has 2 rings (SSSR count). The van der Waals surface area contributed by atoms with E-state index >= 15 is 0 Å². The average molecular weight is 307 g/mol. The van der Waals surface area contributed by atoms with E-state index in [-0.39, 0.29) is 11.3 Å². The standard InChI is InChI=1S/C10H8F3N3OS2/c1-5-2-7(16-19-5)15-8(17)3-6-4-14-9(18-6)10(11,12)13/h2,4H,3H2,1H3,(H,15,16,17). The molecule has 9 heteroatoms. The SMILES string of the molecule is Cc1cc(NC(=O)Cc2cnc(C(F)(F)F)s2)ns1. The number of halogens is 3. The molecule has 0 atom stereocenters. The van der Waals surface area contributed by atoms with Crippen LogP contribution in [0.5, 0.6) is 0 Å². The second kappa shape index (κ2) is 5.25. The van der Waals surface area contributed by atoms with E-state index in [4.69, 9.17) is 0 Å². The van der Waals surface area contributed by atoms with Gasteiger partial charge in [0.05, 0.1) is 6.42 Å². The largest absolute Gasteiger partial charge is 0.443 e. The van der Waals surface area contributed by atoms with Crippen LogP contribution in [0.25, 0.3) is 0 Å². The number of hydrogen-bond acceptors (Lipinski definition) is 5. The van der Waals surface area contributed by atoms with Crippen LogP contribution in [0, 0.1) is 6.92 Å². The average Bonchev–Trinajstić information content (AvgIpc) is 2.87. The lowest BCUT2D eigenvalue weighted by Gasteiger charge is -2.00. The third-order valence-corrected chi connectivity index (χ3v) is 3.76. The molecule has 0 saturated heterocycles. The van der Waals surface area contributed by atoms with Crippen LogP contribution >= 0.6 is 22.9 Å². The highest BCUT2D eigenvalue weighted by Gasteiger charge is 2.34. The molecular formula is C10H8F3N3OS2. The number of anilines is 1. The molecule has 0 bridgehead atoms. The summed E-state index contributed by atoms with van der Waals surface area (Å²) >= 11 is 1.71. The minimum absolute atomic E-state index is 0.148. The molecule has 0 fully saturated rings. The van der Waals surface area contributed by atoms with Crippen LogP contribution in [0.3, 0.4) is 0 Å². The van der Waals surface area contributed by atoms with Crippen LogP contribution < -0.4 is 5.32 Å².